The van der Waals surface area contributed by atoms with Crippen LogP contribution in [-0.4, -0.2) is 41.4 Å². The zero-order valence-electron chi connectivity index (χ0n) is 13.0. The number of amides is 1. The second kappa shape index (κ2) is 6.82. The Kier molecular flexibility index (Phi) is 4.79. The summed E-state index contributed by atoms with van der Waals surface area (Å²) >= 11 is 1.45. The van der Waals surface area contributed by atoms with E-state index in [4.69, 9.17) is 9.15 Å². The van der Waals surface area contributed by atoms with Crippen molar-refractivity contribution in [1.82, 2.24) is 10.3 Å². The van der Waals surface area contributed by atoms with Gasteiger partial charge in [-0.3, -0.25) is 4.79 Å². The van der Waals surface area contributed by atoms with Crippen molar-refractivity contribution < 1.29 is 19.1 Å². The SMILES string of the molecule is Cc1ccc(-c2nc(CC(=O)NCC3(O)CCOCC3)cs2)o1. The van der Waals surface area contributed by atoms with Crippen LogP contribution in [-0.2, 0) is 16.0 Å². The van der Waals surface area contributed by atoms with Crippen molar-refractivity contribution in [2.75, 3.05) is 19.8 Å². The van der Waals surface area contributed by atoms with Gasteiger partial charge in [-0.1, -0.05) is 0 Å². The minimum Gasteiger partial charge on any atom is -0.459 e. The van der Waals surface area contributed by atoms with Gasteiger partial charge in [0.1, 0.15) is 5.76 Å². The smallest absolute Gasteiger partial charge is 0.226 e. The number of hydrogen-bond acceptors (Lipinski definition) is 6. The number of hydrogen-bond donors (Lipinski definition) is 2. The first-order valence-electron chi connectivity index (χ1n) is 7.62. The van der Waals surface area contributed by atoms with Crippen molar-refractivity contribution in [2.45, 2.75) is 31.8 Å². The zero-order valence-corrected chi connectivity index (χ0v) is 13.8. The maximum Gasteiger partial charge on any atom is 0.226 e. The molecule has 1 saturated heterocycles. The van der Waals surface area contributed by atoms with E-state index < -0.39 is 5.60 Å². The van der Waals surface area contributed by atoms with E-state index in [2.05, 4.69) is 10.3 Å². The molecular formula is C16H20N2O4S. The van der Waals surface area contributed by atoms with Crippen LogP contribution in [0.15, 0.2) is 21.9 Å². The number of ether oxygens (including phenoxy) is 1. The summed E-state index contributed by atoms with van der Waals surface area (Å²) in [6.45, 7) is 3.20. The lowest BCUT2D eigenvalue weighted by atomic mass is 9.94. The highest BCUT2D eigenvalue weighted by molar-refractivity contribution is 7.13. The third kappa shape index (κ3) is 4.19. The molecule has 2 aromatic heterocycles. The van der Waals surface area contributed by atoms with Crippen LogP contribution in [0.1, 0.15) is 24.3 Å². The molecule has 0 bridgehead atoms. The van der Waals surface area contributed by atoms with Crippen molar-refractivity contribution in [3.8, 4) is 10.8 Å². The van der Waals surface area contributed by atoms with E-state index in [1.165, 1.54) is 11.3 Å². The zero-order chi connectivity index (χ0) is 16.3. The van der Waals surface area contributed by atoms with Crippen molar-refractivity contribution in [1.29, 1.82) is 0 Å². The molecule has 2 N–H and O–H groups in total. The van der Waals surface area contributed by atoms with Crippen LogP contribution in [0.2, 0.25) is 0 Å². The first kappa shape index (κ1) is 16.2. The third-order valence-electron chi connectivity index (χ3n) is 3.88. The summed E-state index contributed by atoms with van der Waals surface area (Å²) in [4.78, 5) is 16.5. The highest BCUT2D eigenvalue weighted by atomic mass is 32.1. The molecule has 1 aliphatic heterocycles. The van der Waals surface area contributed by atoms with E-state index in [9.17, 15) is 9.90 Å². The van der Waals surface area contributed by atoms with E-state index in [0.29, 0.717) is 31.7 Å². The number of nitrogens with one attached hydrogen (secondary N) is 1. The average Bonchev–Trinajstić information content (AvgIpc) is 3.15. The van der Waals surface area contributed by atoms with Gasteiger partial charge in [0.2, 0.25) is 5.91 Å². The molecule has 2 aromatic rings. The van der Waals surface area contributed by atoms with Crippen LogP contribution < -0.4 is 5.32 Å². The summed E-state index contributed by atoms with van der Waals surface area (Å²) in [6.07, 6.45) is 1.29. The number of aliphatic hydroxyl groups is 1. The van der Waals surface area contributed by atoms with Gasteiger partial charge < -0.3 is 19.6 Å². The number of thiazole rings is 1. The number of nitrogens with zero attached hydrogens (tertiary/aromatic N) is 1. The van der Waals surface area contributed by atoms with Crippen LogP contribution >= 0.6 is 11.3 Å². The summed E-state index contributed by atoms with van der Waals surface area (Å²) in [6, 6.07) is 3.76. The number of aromatic nitrogens is 1. The molecule has 0 spiro atoms. The molecule has 1 aliphatic rings. The Morgan fingerprint density at radius 3 is 2.91 bits per heavy atom. The van der Waals surface area contributed by atoms with Crippen LogP contribution in [0.3, 0.4) is 0 Å². The average molecular weight is 336 g/mol. The summed E-state index contributed by atoms with van der Waals surface area (Å²) in [5.41, 5.74) is -0.150. The molecular weight excluding hydrogens is 316 g/mol. The van der Waals surface area contributed by atoms with Gasteiger partial charge >= 0.3 is 0 Å². The van der Waals surface area contributed by atoms with Crippen LogP contribution in [0.5, 0.6) is 0 Å². The molecule has 0 atom stereocenters. The molecule has 7 heteroatoms. The van der Waals surface area contributed by atoms with Gasteiger partial charge in [0.25, 0.3) is 0 Å². The molecule has 23 heavy (non-hydrogen) atoms. The van der Waals surface area contributed by atoms with E-state index >= 15 is 0 Å². The molecule has 1 amide bonds. The lowest BCUT2D eigenvalue weighted by Crippen LogP contribution is -2.46. The third-order valence-corrected chi connectivity index (χ3v) is 4.79. The van der Waals surface area contributed by atoms with Crippen LogP contribution in [0.4, 0.5) is 0 Å². The Labute approximate surface area is 138 Å². The first-order valence-corrected chi connectivity index (χ1v) is 8.50. The van der Waals surface area contributed by atoms with Crippen molar-refractivity contribution in [3.05, 3.63) is 29.0 Å². The van der Waals surface area contributed by atoms with E-state index in [1.54, 1.807) is 0 Å². The quantitative estimate of drug-likeness (QED) is 0.871. The van der Waals surface area contributed by atoms with Crippen molar-refractivity contribution >= 4 is 17.2 Å². The van der Waals surface area contributed by atoms with Gasteiger partial charge in [-0.25, -0.2) is 4.98 Å². The summed E-state index contributed by atoms with van der Waals surface area (Å²) in [5, 5.41) is 15.7. The van der Waals surface area contributed by atoms with Gasteiger partial charge in [0.15, 0.2) is 10.8 Å². The second-order valence-electron chi connectivity index (χ2n) is 5.84. The molecule has 0 unspecified atom stereocenters. The van der Waals surface area contributed by atoms with Gasteiger partial charge in [-0.2, -0.15) is 0 Å². The first-order chi connectivity index (χ1) is 11.0. The lowest BCUT2D eigenvalue weighted by molar-refractivity contribution is -0.123. The maximum absolute atomic E-state index is 12.0. The molecule has 0 aliphatic carbocycles. The molecule has 0 saturated carbocycles. The lowest BCUT2D eigenvalue weighted by Gasteiger charge is -2.32. The topological polar surface area (TPSA) is 84.6 Å². The number of furan rings is 1. The normalized spacial score (nSPS) is 17.1. The highest BCUT2D eigenvalue weighted by Crippen LogP contribution is 2.25. The predicted octanol–water partition coefficient (Wildman–Crippen LogP) is 1.91. The van der Waals surface area contributed by atoms with Gasteiger partial charge in [0.05, 0.1) is 17.7 Å². The fraction of sp³-hybridized carbons (Fsp3) is 0.500. The summed E-state index contributed by atoms with van der Waals surface area (Å²) < 4.78 is 10.8. The van der Waals surface area contributed by atoms with E-state index in [0.717, 1.165) is 16.5 Å². The monoisotopic (exact) mass is 336 g/mol. The minimum absolute atomic E-state index is 0.141. The van der Waals surface area contributed by atoms with Gasteiger partial charge in [-0.15, -0.1) is 11.3 Å². The molecule has 6 nitrogen and oxygen atoms in total. The van der Waals surface area contributed by atoms with E-state index in [-0.39, 0.29) is 18.9 Å². The Bertz CT molecular complexity index is 673. The van der Waals surface area contributed by atoms with Gasteiger partial charge in [-0.05, 0) is 19.1 Å². The molecule has 3 heterocycles. The Morgan fingerprint density at radius 2 is 2.22 bits per heavy atom. The minimum atomic E-state index is -0.854. The number of aryl methyl sites for hydroxylation is 1. The molecule has 0 aromatic carbocycles. The molecule has 3 rings (SSSR count). The fourth-order valence-electron chi connectivity index (χ4n) is 2.47. The van der Waals surface area contributed by atoms with Crippen molar-refractivity contribution in [2.24, 2.45) is 0 Å². The maximum atomic E-state index is 12.0. The summed E-state index contributed by atoms with van der Waals surface area (Å²) in [5.74, 6) is 1.41. The molecule has 124 valence electrons. The largest absolute Gasteiger partial charge is 0.459 e. The van der Waals surface area contributed by atoms with Crippen LogP contribution in [0, 0.1) is 6.92 Å². The summed E-state index contributed by atoms with van der Waals surface area (Å²) in [7, 11) is 0. The van der Waals surface area contributed by atoms with Crippen LogP contribution in [0.25, 0.3) is 10.8 Å². The Morgan fingerprint density at radius 1 is 1.43 bits per heavy atom. The van der Waals surface area contributed by atoms with E-state index in [1.807, 2.05) is 24.4 Å². The van der Waals surface area contributed by atoms with Crippen molar-refractivity contribution in [3.63, 3.8) is 0 Å². The van der Waals surface area contributed by atoms with Gasteiger partial charge in [0, 0.05) is 38.0 Å². The second-order valence-corrected chi connectivity index (χ2v) is 6.70. The molecule has 0 radical (unpaired) electrons. The predicted molar refractivity (Wildman–Crippen MR) is 86.3 cm³/mol. The highest BCUT2D eigenvalue weighted by Gasteiger charge is 2.30. The number of carbonyl (C=O) groups excluding carboxylic acids is 1. The number of rotatable bonds is 5. The fourth-order valence-corrected chi connectivity index (χ4v) is 3.25. The number of carbonyl (C=O) groups is 1. The Balaban J connectivity index is 1.53. The Hall–Kier alpha value is -1.70. The standard InChI is InChI=1S/C16H20N2O4S/c1-11-2-3-13(22-11)15-18-12(9-23-15)8-14(19)17-10-16(20)4-6-21-7-5-16/h2-3,9,20H,4-8,10H2,1H3,(H,17,19). The molecule has 1 fully saturated rings.